The highest BCUT2D eigenvalue weighted by molar-refractivity contribution is 7.88. The fourth-order valence-corrected chi connectivity index (χ4v) is 9.56. The molecule has 1 aromatic heterocycles. The van der Waals surface area contributed by atoms with Crippen LogP contribution < -0.4 is 5.32 Å². The number of hydrogen-bond donors (Lipinski definition) is 2. The number of aryl methyl sites for hydroxylation is 1. The number of aromatic nitrogens is 3. The quantitative estimate of drug-likeness (QED) is 0.319. The normalized spacial score (nSPS) is 25.6. The monoisotopic (exact) mass is 649 g/mol. The van der Waals surface area contributed by atoms with Crippen molar-refractivity contribution in [1.82, 2.24) is 19.9 Å². The van der Waals surface area contributed by atoms with Gasteiger partial charge in [0.25, 0.3) is 0 Å². The number of carbonyl (C=O) groups is 3. The van der Waals surface area contributed by atoms with Crippen molar-refractivity contribution < 1.29 is 36.5 Å². The summed E-state index contributed by atoms with van der Waals surface area (Å²) in [4.78, 5) is 40.9. The van der Waals surface area contributed by atoms with Crippen LogP contribution in [0.4, 0.5) is 10.6 Å². The number of benzene rings is 1. The third kappa shape index (κ3) is 4.08. The molecule has 4 fully saturated rings. The van der Waals surface area contributed by atoms with Crippen molar-refractivity contribution in [2.45, 2.75) is 69.3 Å². The molecule has 1 saturated carbocycles. The summed E-state index contributed by atoms with van der Waals surface area (Å²) >= 11 is 0. The molecule has 14 heteroatoms. The first kappa shape index (κ1) is 30.4. The van der Waals surface area contributed by atoms with Crippen LogP contribution in [0.3, 0.4) is 0 Å². The topological polar surface area (TPSA) is 161 Å². The maximum atomic E-state index is 14.0. The van der Waals surface area contributed by atoms with Gasteiger partial charge in [-0.3, -0.25) is 10.1 Å². The van der Waals surface area contributed by atoms with E-state index >= 15 is 0 Å². The second-order valence-corrected chi connectivity index (χ2v) is 15.9. The molecular formula is C32H37N6O7S+. The van der Waals surface area contributed by atoms with E-state index in [2.05, 4.69) is 20.5 Å². The Bertz CT molecular complexity index is 1870. The highest BCUT2D eigenvalue weighted by Gasteiger charge is 2.91. The molecule has 0 bridgehead atoms. The lowest BCUT2D eigenvalue weighted by Crippen LogP contribution is -2.54. The fourth-order valence-electron chi connectivity index (χ4n) is 7.35. The predicted molar refractivity (Wildman–Crippen MR) is 165 cm³/mol. The number of aliphatic carboxylic acids is 1. The SMILES string of the molecule is C[C@@H](OC(=O)Nc1c(C2CCN(C3=CC=C4C5C(=C3)[N+]5(S(=O)(=O)C(C)(C)C(=O)O)C(=O)C43CC3)CC2)nnn1C)c1ccccc1. The van der Waals surface area contributed by atoms with E-state index in [-0.39, 0.29) is 5.92 Å². The highest BCUT2D eigenvalue weighted by atomic mass is 32.2. The molecule has 4 heterocycles. The minimum Gasteiger partial charge on any atom is -0.480 e. The Balaban J connectivity index is 1.08. The standard InChI is InChI=1S/C32H36N6O7S/c1-19(20-8-6-5-7-9-20)45-30(42)33-27-25(34-35-36(27)4)21-12-16-37(17-13-21)22-10-11-23-26-24(18-22)38(26,28(39)32(23)14-15-32)46(43,44)31(2,3)29(40)41/h5-11,18-19,21,26H,12-17H2,1-4H3,(H-,33,35,40,41,42)/p+1/t19-,26?,38?/m1/s1. The lowest BCUT2D eigenvalue weighted by atomic mass is 9.93. The first-order chi connectivity index (χ1) is 21.8. The van der Waals surface area contributed by atoms with E-state index in [1.807, 2.05) is 42.5 Å². The molecule has 1 spiro atoms. The predicted octanol–water partition coefficient (Wildman–Crippen LogP) is 3.72. The zero-order chi connectivity index (χ0) is 32.8. The molecule has 2 aliphatic carbocycles. The van der Waals surface area contributed by atoms with E-state index in [0.717, 1.165) is 30.7 Å². The van der Waals surface area contributed by atoms with Crippen molar-refractivity contribution in [3.8, 4) is 0 Å². The Kier molecular flexibility index (Phi) is 6.66. The van der Waals surface area contributed by atoms with E-state index in [1.54, 1.807) is 20.0 Å². The average molecular weight is 650 g/mol. The number of allylic oxidation sites excluding steroid dienone is 3. The number of carboxylic acid groups (broad SMARTS) is 1. The van der Waals surface area contributed by atoms with Crippen LogP contribution in [0.1, 0.15) is 69.7 Å². The maximum Gasteiger partial charge on any atom is 0.413 e. The minimum atomic E-state index is -4.48. The van der Waals surface area contributed by atoms with Crippen LogP contribution in [0.2, 0.25) is 0 Å². The molecule has 1 aromatic carbocycles. The van der Waals surface area contributed by atoms with Crippen LogP contribution in [0, 0.1) is 5.41 Å². The summed E-state index contributed by atoms with van der Waals surface area (Å²) < 4.78 is 32.0. The summed E-state index contributed by atoms with van der Waals surface area (Å²) in [5.74, 6) is -1.42. The molecule has 2 unspecified atom stereocenters. The minimum absolute atomic E-state index is 0.00390. The van der Waals surface area contributed by atoms with E-state index in [4.69, 9.17) is 4.74 Å². The van der Waals surface area contributed by atoms with Gasteiger partial charge in [0.2, 0.25) is 16.5 Å². The van der Waals surface area contributed by atoms with Crippen LogP contribution >= 0.6 is 0 Å². The van der Waals surface area contributed by atoms with Crippen molar-refractivity contribution in [2.75, 3.05) is 18.4 Å². The van der Waals surface area contributed by atoms with Crippen molar-refractivity contribution in [3.63, 3.8) is 0 Å². The number of carbonyl (C=O) groups excluding carboxylic acids is 2. The molecule has 2 amide bonds. The zero-order valence-electron chi connectivity index (χ0n) is 26.1. The molecule has 46 heavy (non-hydrogen) atoms. The maximum absolute atomic E-state index is 14.0. The van der Waals surface area contributed by atoms with E-state index in [0.29, 0.717) is 56.0 Å². The summed E-state index contributed by atoms with van der Waals surface area (Å²) in [6.45, 7) is 5.36. The number of fused-ring (bicyclic) bond motifs is 2. The van der Waals surface area contributed by atoms with Crippen LogP contribution in [-0.2, 0) is 31.4 Å². The van der Waals surface area contributed by atoms with E-state index < -0.39 is 54.2 Å². The average Bonchev–Trinajstić information content (AvgIpc) is 3.91. The second kappa shape index (κ2) is 10.1. The second-order valence-electron chi connectivity index (χ2n) is 13.3. The van der Waals surface area contributed by atoms with Crippen LogP contribution in [0.15, 0.2) is 65.5 Å². The molecule has 2 aromatic rings. The Morgan fingerprint density at radius 2 is 1.83 bits per heavy atom. The van der Waals surface area contributed by atoms with Gasteiger partial charge in [0.15, 0.2) is 5.82 Å². The number of nitrogens with one attached hydrogen (secondary N) is 1. The van der Waals surface area contributed by atoms with Crippen molar-refractivity contribution in [3.05, 3.63) is 76.8 Å². The molecule has 3 saturated heterocycles. The fraction of sp³-hybridized carbons (Fsp3) is 0.469. The number of piperidine rings is 2. The highest BCUT2D eigenvalue weighted by Crippen LogP contribution is 2.73. The first-order valence-corrected chi connectivity index (χ1v) is 16.9. The Hall–Kier alpha value is -4.30. The summed E-state index contributed by atoms with van der Waals surface area (Å²) in [6, 6.07) is 8.79. The van der Waals surface area contributed by atoms with Gasteiger partial charge in [-0.1, -0.05) is 41.6 Å². The Morgan fingerprint density at radius 1 is 1.15 bits per heavy atom. The number of nitrogens with zero attached hydrogens (tertiary/aromatic N) is 5. The van der Waals surface area contributed by atoms with Gasteiger partial charge in [-0.25, -0.2) is 14.3 Å². The molecule has 242 valence electrons. The lowest BCUT2D eigenvalue weighted by Gasteiger charge is -2.33. The van der Waals surface area contributed by atoms with Gasteiger partial charge in [0.05, 0.1) is 0 Å². The molecule has 0 radical (unpaired) electrons. The third-order valence-electron chi connectivity index (χ3n) is 10.4. The van der Waals surface area contributed by atoms with Crippen molar-refractivity contribution in [2.24, 2.45) is 12.5 Å². The molecule has 13 nitrogen and oxygen atoms in total. The van der Waals surface area contributed by atoms with Crippen molar-refractivity contribution in [1.29, 1.82) is 0 Å². The van der Waals surface area contributed by atoms with Gasteiger partial charge in [0, 0.05) is 43.4 Å². The molecule has 3 atom stereocenters. The van der Waals surface area contributed by atoms with E-state index in [1.165, 1.54) is 4.68 Å². The Labute approximate surface area is 266 Å². The van der Waals surface area contributed by atoms with Crippen molar-refractivity contribution >= 4 is 33.8 Å². The molecule has 7 rings (SSSR count). The summed E-state index contributed by atoms with van der Waals surface area (Å²) in [6.07, 6.45) is 7.11. The Morgan fingerprint density at radius 3 is 2.46 bits per heavy atom. The lowest BCUT2D eigenvalue weighted by molar-refractivity contribution is -0.564. The summed E-state index contributed by atoms with van der Waals surface area (Å²) in [5, 5.41) is 21.2. The number of rotatable bonds is 8. The number of carboxylic acids is 1. The van der Waals surface area contributed by atoms with Crippen LogP contribution in [0.5, 0.6) is 0 Å². The number of anilines is 1. The van der Waals surface area contributed by atoms with Gasteiger partial charge in [-0.05, 0) is 58.1 Å². The molecular weight excluding hydrogens is 612 g/mol. The smallest absolute Gasteiger partial charge is 0.413 e. The number of ether oxygens (including phenoxy) is 1. The number of sulfonamides is 1. The van der Waals surface area contributed by atoms with Gasteiger partial charge < -0.3 is 14.7 Å². The molecule has 2 N–H and O–H groups in total. The van der Waals surface area contributed by atoms with Gasteiger partial charge in [-0.15, -0.1) is 8.99 Å². The van der Waals surface area contributed by atoms with E-state index in [9.17, 15) is 27.9 Å². The number of amides is 2. The molecule has 3 aliphatic heterocycles. The third-order valence-corrected chi connectivity index (χ3v) is 13.2. The number of likely N-dealkylation sites (tertiary alicyclic amines) is 1. The summed E-state index contributed by atoms with van der Waals surface area (Å²) in [5.41, 5.74) is 2.72. The van der Waals surface area contributed by atoms with Gasteiger partial charge in [0.1, 0.15) is 17.2 Å². The first-order valence-electron chi connectivity index (χ1n) is 15.5. The van der Waals surface area contributed by atoms with Gasteiger partial charge in [-0.2, -0.15) is 8.42 Å². The number of quaternary nitrogens is 1. The largest absolute Gasteiger partial charge is 0.480 e. The zero-order valence-corrected chi connectivity index (χ0v) is 27.0. The van der Waals surface area contributed by atoms with Gasteiger partial charge >= 0.3 is 28.0 Å². The van der Waals surface area contributed by atoms with Crippen LogP contribution in [0.25, 0.3) is 0 Å². The van der Waals surface area contributed by atoms with Crippen LogP contribution in [-0.4, -0.2) is 79.2 Å². The molecule has 5 aliphatic rings. The number of hydrogen-bond acceptors (Lipinski definition) is 9. The summed E-state index contributed by atoms with van der Waals surface area (Å²) in [7, 11) is -2.77.